The number of aryl methyl sites for hydroxylation is 1. The van der Waals surface area contributed by atoms with E-state index in [0.29, 0.717) is 23.5 Å². The number of amides is 1. The Morgan fingerprint density at radius 3 is 2.64 bits per heavy atom. The predicted octanol–water partition coefficient (Wildman–Crippen LogP) is 4.14. The maximum atomic E-state index is 12.5. The molecule has 1 fully saturated rings. The Morgan fingerprint density at radius 1 is 1.21 bits per heavy atom. The van der Waals surface area contributed by atoms with E-state index in [9.17, 15) is 9.59 Å². The minimum atomic E-state index is -0.895. The van der Waals surface area contributed by atoms with Crippen LogP contribution >= 0.6 is 0 Å². The molecule has 1 saturated carbocycles. The van der Waals surface area contributed by atoms with Gasteiger partial charge >= 0.3 is 5.97 Å². The molecule has 0 unspecified atom stereocenters. The number of hydrogen-bond acceptors (Lipinski definition) is 5. The summed E-state index contributed by atoms with van der Waals surface area (Å²) in [5.41, 5.74) is 0.869. The first kappa shape index (κ1) is 20.1. The van der Waals surface area contributed by atoms with Crippen LogP contribution in [-0.4, -0.2) is 29.0 Å². The monoisotopic (exact) mass is 384 g/mol. The number of benzene rings is 1. The molecular weight excluding hydrogens is 356 g/mol. The van der Waals surface area contributed by atoms with Crippen LogP contribution in [0, 0.1) is 18.8 Å². The summed E-state index contributed by atoms with van der Waals surface area (Å²) < 4.78 is 11.0. The predicted molar refractivity (Wildman–Crippen MR) is 106 cm³/mol. The van der Waals surface area contributed by atoms with E-state index in [4.69, 9.17) is 9.15 Å². The van der Waals surface area contributed by atoms with Gasteiger partial charge in [0.25, 0.3) is 5.91 Å². The van der Waals surface area contributed by atoms with Crippen molar-refractivity contribution in [2.45, 2.75) is 59.1 Å². The topological polar surface area (TPSA) is 81.4 Å². The van der Waals surface area contributed by atoms with Crippen LogP contribution in [0.2, 0.25) is 0 Å². The molecule has 2 aromatic rings. The summed E-state index contributed by atoms with van der Waals surface area (Å²) in [6.45, 7) is 7.61. The number of carbonyl (C=O) groups excluding carboxylic acids is 2. The number of nitrogens with zero attached hydrogens (tertiary/aromatic N) is 1. The molecule has 6 nitrogen and oxygen atoms in total. The Labute approximate surface area is 165 Å². The van der Waals surface area contributed by atoms with Gasteiger partial charge in [-0.05, 0) is 44.2 Å². The molecule has 1 aromatic carbocycles. The Morgan fingerprint density at radius 2 is 1.93 bits per heavy atom. The number of aromatic nitrogens is 1. The van der Waals surface area contributed by atoms with E-state index in [1.807, 2.05) is 30.3 Å². The first-order chi connectivity index (χ1) is 13.4. The smallest absolute Gasteiger partial charge is 0.361 e. The molecule has 3 rings (SSSR count). The molecule has 0 saturated heterocycles. The van der Waals surface area contributed by atoms with Crippen molar-refractivity contribution in [2.75, 3.05) is 0 Å². The van der Waals surface area contributed by atoms with Crippen molar-refractivity contribution in [3.63, 3.8) is 0 Å². The van der Waals surface area contributed by atoms with Crippen molar-refractivity contribution in [1.82, 2.24) is 10.3 Å². The summed E-state index contributed by atoms with van der Waals surface area (Å²) in [5.74, 6) is 0.774. The quantitative estimate of drug-likeness (QED) is 0.784. The van der Waals surface area contributed by atoms with Crippen LogP contribution in [0.25, 0.3) is 11.5 Å². The van der Waals surface area contributed by atoms with E-state index < -0.39 is 12.1 Å². The minimum absolute atomic E-state index is 0.0955. The minimum Gasteiger partial charge on any atom is -0.448 e. The third-order valence-corrected chi connectivity index (χ3v) is 5.70. The van der Waals surface area contributed by atoms with Gasteiger partial charge in [-0.15, -0.1) is 0 Å². The zero-order valence-electron chi connectivity index (χ0n) is 16.9. The molecule has 1 aromatic heterocycles. The number of oxazole rings is 1. The maximum absolute atomic E-state index is 12.5. The van der Waals surface area contributed by atoms with Crippen molar-refractivity contribution in [3.8, 4) is 11.5 Å². The van der Waals surface area contributed by atoms with E-state index in [1.165, 1.54) is 6.42 Å². The fourth-order valence-corrected chi connectivity index (χ4v) is 3.65. The Kier molecular flexibility index (Phi) is 6.17. The highest BCUT2D eigenvalue weighted by atomic mass is 16.5. The number of carbonyl (C=O) groups is 2. The number of ether oxygens (including phenoxy) is 1. The molecule has 1 heterocycles. The van der Waals surface area contributed by atoms with Crippen LogP contribution in [0.15, 0.2) is 34.7 Å². The van der Waals surface area contributed by atoms with Gasteiger partial charge in [-0.3, -0.25) is 4.79 Å². The van der Waals surface area contributed by atoms with Gasteiger partial charge in [0.1, 0.15) is 5.76 Å². The van der Waals surface area contributed by atoms with E-state index in [0.717, 1.165) is 18.4 Å². The van der Waals surface area contributed by atoms with Crippen LogP contribution < -0.4 is 5.32 Å². The summed E-state index contributed by atoms with van der Waals surface area (Å²) in [5, 5.41) is 3.04. The maximum Gasteiger partial charge on any atom is 0.361 e. The molecular formula is C22H28N2O4. The van der Waals surface area contributed by atoms with Gasteiger partial charge in [-0.1, -0.05) is 44.9 Å². The lowest BCUT2D eigenvalue weighted by atomic mass is 9.78. The highest BCUT2D eigenvalue weighted by molar-refractivity contribution is 5.91. The second-order valence-electron chi connectivity index (χ2n) is 7.72. The lowest BCUT2D eigenvalue weighted by Gasteiger charge is -2.35. The van der Waals surface area contributed by atoms with Crippen molar-refractivity contribution in [1.29, 1.82) is 0 Å². The molecule has 1 amide bonds. The lowest BCUT2D eigenvalue weighted by Crippen LogP contribution is -2.47. The number of esters is 1. The zero-order chi connectivity index (χ0) is 20.3. The molecule has 4 atom stereocenters. The summed E-state index contributed by atoms with van der Waals surface area (Å²) >= 11 is 0. The highest BCUT2D eigenvalue weighted by Gasteiger charge is 2.31. The van der Waals surface area contributed by atoms with Crippen LogP contribution in [0.5, 0.6) is 0 Å². The number of rotatable bonds is 5. The summed E-state index contributed by atoms with van der Waals surface area (Å²) in [7, 11) is 0. The zero-order valence-corrected chi connectivity index (χ0v) is 16.9. The average molecular weight is 384 g/mol. The van der Waals surface area contributed by atoms with E-state index >= 15 is 0 Å². The standard InChI is InChI=1S/C22H28N2O4/c1-13-9-8-12-18(14(13)2)23-20(25)16(4)28-22(26)19-15(3)27-21(24-19)17-10-6-5-7-11-17/h5-7,10-11,13-14,16,18H,8-9,12H2,1-4H3,(H,23,25)/t13-,14-,16+,18-/m0/s1. The third-order valence-electron chi connectivity index (χ3n) is 5.70. The third kappa shape index (κ3) is 4.43. The Hall–Kier alpha value is -2.63. The van der Waals surface area contributed by atoms with Crippen LogP contribution in [0.3, 0.4) is 0 Å². The molecule has 6 heteroatoms. The van der Waals surface area contributed by atoms with E-state index in [2.05, 4.69) is 24.1 Å². The SMILES string of the molecule is Cc1oc(-c2ccccc2)nc1C(=O)O[C@H](C)C(=O)N[C@H]1CCC[C@H](C)[C@@H]1C. The summed E-state index contributed by atoms with van der Waals surface area (Å²) in [6.07, 6.45) is 2.35. The molecule has 0 aliphatic heterocycles. The normalized spacial score (nSPS) is 23.1. The van der Waals surface area contributed by atoms with Crippen molar-refractivity contribution in [2.24, 2.45) is 11.8 Å². The van der Waals surface area contributed by atoms with E-state index in [1.54, 1.807) is 13.8 Å². The molecule has 1 N–H and O–H groups in total. The van der Waals surface area contributed by atoms with Gasteiger partial charge in [0.15, 0.2) is 11.8 Å². The molecule has 150 valence electrons. The number of nitrogens with one attached hydrogen (secondary N) is 1. The van der Waals surface area contributed by atoms with Crippen molar-refractivity contribution in [3.05, 3.63) is 41.8 Å². The second kappa shape index (κ2) is 8.59. The van der Waals surface area contributed by atoms with Crippen LogP contribution in [-0.2, 0) is 9.53 Å². The molecule has 0 spiro atoms. The molecule has 1 aliphatic rings. The first-order valence-electron chi connectivity index (χ1n) is 9.91. The highest BCUT2D eigenvalue weighted by Crippen LogP contribution is 2.29. The van der Waals surface area contributed by atoms with Gasteiger partial charge in [0.05, 0.1) is 0 Å². The van der Waals surface area contributed by atoms with Gasteiger partial charge < -0.3 is 14.5 Å². The molecule has 28 heavy (non-hydrogen) atoms. The van der Waals surface area contributed by atoms with Crippen LogP contribution in [0.1, 0.15) is 56.3 Å². The van der Waals surface area contributed by atoms with Crippen molar-refractivity contribution < 1.29 is 18.7 Å². The summed E-state index contributed by atoms with van der Waals surface area (Å²) in [6, 6.07) is 9.45. The first-order valence-corrected chi connectivity index (χ1v) is 9.91. The van der Waals surface area contributed by atoms with Gasteiger partial charge in [0, 0.05) is 11.6 Å². The van der Waals surface area contributed by atoms with Gasteiger partial charge in [0.2, 0.25) is 5.89 Å². The van der Waals surface area contributed by atoms with Gasteiger partial charge in [-0.25, -0.2) is 9.78 Å². The van der Waals surface area contributed by atoms with Crippen LogP contribution in [0.4, 0.5) is 0 Å². The summed E-state index contributed by atoms with van der Waals surface area (Å²) in [4.78, 5) is 29.3. The fourth-order valence-electron chi connectivity index (χ4n) is 3.65. The number of hydrogen-bond donors (Lipinski definition) is 1. The van der Waals surface area contributed by atoms with E-state index in [-0.39, 0.29) is 17.6 Å². The Balaban J connectivity index is 1.62. The largest absolute Gasteiger partial charge is 0.448 e. The lowest BCUT2D eigenvalue weighted by molar-refractivity contribution is -0.130. The molecule has 0 radical (unpaired) electrons. The van der Waals surface area contributed by atoms with Crippen molar-refractivity contribution >= 4 is 11.9 Å². The Bertz CT molecular complexity index is 830. The average Bonchev–Trinajstić information content (AvgIpc) is 3.08. The van der Waals surface area contributed by atoms with Gasteiger partial charge in [-0.2, -0.15) is 0 Å². The fraction of sp³-hybridized carbons (Fsp3) is 0.500. The molecule has 0 bridgehead atoms. The molecule has 1 aliphatic carbocycles. The second-order valence-corrected chi connectivity index (χ2v) is 7.72.